The molecule has 60 valence electrons. The lowest BCUT2D eigenvalue weighted by molar-refractivity contribution is 0.168. The van der Waals surface area contributed by atoms with E-state index in [9.17, 15) is 4.79 Å². The van der Waals surface area contributed by atoms with Crippen molar-refractivity contribution in [1.29, 1.82) is 0 Å². The van der Waals surface area contributed by atoms with Gasteiger partial charge in [-0.25, -0.2) is 4.79 Å². The average molecular weight is 166 g/mol. The fourth-order valence-corrected chi connectivity index (χ4v) is 0.610. The quantitative estimate of drug-likeness (QED) is 0.465. The normalized spacial score (nSPS) is 10.0. The second-order valence-electron chi connectivity index (χ2n) is 2.24. The topological polar surface area (TPSA) is 29.5 Å². The fourth-order valence-electron chi connectivity index (χ4n) is 0.533. The van der Waals surface area contributed by atoms with E-state index in [0.717, 1.165) is 13.0 Å². The van der Waals surface area contributed by atoms with Crippen LogP contribution in [0.3, 0.4) is 0 Å². The molecule has 0 aromatic carbocycles. The Kier molecular flexibility index (Phi) is 5.35. The molecule has 0 fully saturated rings. The van der Waals surface area contributed by atoms with E-state index in [-0.39, 0.29) is 0 Å². The molecule has 0 aliphatic heterocycles. The predicted octanol–water partition coefficient (Wildman–Crippen LogP) is 1.31. The van der Waals surface area contributed by atoms with E-state index < -0.39 is 5.43 Å². The molecule has 0 atom stereocenters. The average Bonchev–Trinajstić information content (AvgIpc) is 1.79. The van der Waals surface area contributed by atoms with Gasteiger partial charge < -0.3 is 9.64 Å². The zero-order valence-electron chi connectivity index (χ0n) is 6.26. The van der Waals surface area contributed by atoms with Crippen LogP contribution in [0.4, 0.5) is 4.79 Å². The van der Waals surface area contributed by atoms with E-state index in [1.165, 1.54) is 0 Å². The van der Waals surface area contributed by atoms with Gasteiger partial charge in [-0.05, 0) is 20.5 Å². The molecule has 0 aliphatic rings. The smallest absolute Gasteiger partial charge is 0.403 e. The SMILES string of the molecule is CN(C)CCCOC(=O)Cl. The lowest BCUT2D eigenvalue weighted by Gasteiger charge is -2.07. The minimum Gasteiger partial charge on any atom is -0.454 e. The zero-order valence-corrected chi connectivity index (χ0v) is 7.02. The summed E-state index contributed by atoms with van der Waals surface area (Å²) in [6.07, 6.45) is 0.825. The van der Waals surface area contributed by atoms with Crippen molar-refractivity contribution in [1.82, 2.24) is 4.90 Å². The van der Waals surface area contributed by atoms with E-state index in [2.05, 4.69) is 4.74 Å². The molecule has 0 rings (SSSR count). The summed E-state index contributed by atoms with van der Waals surface area (Å²) in [5.74, 6) is 0. The van der Waals surface area contributed by atoms with Crippen molar-refractivity contribution in [2.75, 3.05) is 27.2 Å². The van der Waals surface area contributed by atoms with E-state index in [4.69, 9.17) is 11.6 Å². The van der Waals surface area contributed by atoms with E-state index in [0.29, 0.717) is 6.61 Å². The van der Waals surface area contributed by atoms with Crippen molar-refractivity contribution in [3.63, 3.8) is 0 Å². The second kappa shape index (κ2) is 5.50. The van der Waals surface area contributed by atoms with Gasteiger partial charge in [0.2, 0.25) is 0 Å². The van der Waals surface area contributed by atoms with Gasteiger partial charge in [0, 0.05) is 18.1 Å². The Labute approximate surface area is 65.9 Å². The van der Waals surface area contributed by atoms with Gasteiger partial charge in [0.05, 0.1) is 6.61 Å². The standard InChI is InChI=1S/C6H12ClNO2/c1-8(2)4-3-5-10-6(7)9/h3-5H2,1-2H3. The molecule has 0 aromatic rings. The number of carbonyl (C=O) groups is 1. The number of hydrogen-bond acceptors (Lipinski definition) is 3. The van der Waals surface area contributed by atoms with Crippen LogP contribution >= 0.6 is 11.6 Å². The van der Waals surface area contributed by atoms with Gasteiger partial charge in [0.15, 0.2) is 0 Å². The first-order valence-corrected chi connectivity index (χ1v) is 3.47. The van der Waals surface area contributed by atoms with Gasteiger partial charge in [0.1, 0.15) is 0 Å². The lowest BCUT2D eigenvalue weighted by atomic mass is 10.4. The third-order valence-corrected chi connectivity index (χ3v) is 1.07. The predicted molar refractivity (Wildman–Crippen MR) is 40.4 cm³/mol. The van der Waals surface area contributed by atoms with Crippen LogP contribution in [0.5, 0.6) is 0 Å². The lowest BCUT2D eigenvalue weighted by Crippen LogP contribution is -2.15. The third-order valence-electron chi connectivity index (χ3n) is 0.965. The van der Waals surface area contributed by atoms with Crippen LogP contribution < -0.4 is 0 Å². The van der Waals surface area contributed by atoms with Crippen molar-refractivity contribution in [2.24, 2.45) is 0 Å². The summed E-state index contributed by atoms with van der Waals surface area (Å²) in [4.78, 5) is 12.0. The van der Waals surface area contributed by atoms with Crippen molar-refractivity contribution in [3.05, 3.63) is 0 Å². The van der Waals surface area contributed by atoms with Gasteiger partial charge in [-0.3, -0.25) is 0 Å². The van der Waals surface area contributed by atoms with E-state index in [1.807, 2.05) is 19.0 Å². The van der Waals surface area contributed by atoms with Crippen LogP contribution in [-0.4, -0.2) is 37.6 Å². The highest BCUT2D eigenvalue weighted by Gasteiger charge is 1.94. The minimum absolute atomic E-state index is 0.403. The van der Waals surface area contributed by atoms with Gasteiger partial charge in [-0.1, -0.05) is 0 Å². The van der Waals surface area contributed by atoms with Crippen LogP contribution in [-0.2, 0) is 4.74 Å². The number of halogens is 1. The monoisotopic (exact) mass is 165 g/mol. The highest BCUT2D eigenvalue weighted by molar-refractivity contribution is 6.61. The Morgan fingerprint density at radius 1 is 1.60 bits per heavy atom. The van der Waals surface area contributed by atoms with Crippen LogP contribution in [0.25, 0.3) is 0 Å². The molecule has 0 bridgehead atoms. The first-order chi connectivity index (χ1) is 4.63. The molecule has 0 radical (unpaired) electrons. The van der Waals surface area contributed by atoms with Crippen LogP contribution in [0.2, 0.25) is 0 Å². The summed E-state index contributed by atoms with van der Waals surface area (Å²) < 4.78 is 4.49. The molecule has 0 spiro atoms. The maximum absolute atomic E-state index is 10.0. The minimum atomic E-state index is -0.723. The third kappa shape index (κ3) is 7.72. The molecule has 4 heteroatoms. The Morgan fingerprint density at radius 3 is 2.60 bits per heavy atom. The first-order valence-electron chi connectivity index (χ1n) is 3.10. The van der Waals surface area contributed by atoms with Gasteiger partial charge in [-0.15, -0.1) is 0 Å². The van der Waals surface area contributed by atoms with Crippen LogP contribution in [0, 0.1) is 0 Å². The number of nitrogens with zero attached hydrogens (tertiary/aromatic N) is 1. The second-order valence-corrected chi connectivity index (χ2v) is 2.55. The van der Waals surface area contributed by atoms with Crippen LogP contribution in [0.1, 0.15) is 6.42 Å². The van der Waals surface area contributed by atoms with E-state index >= 15 is 0 Å². The maximum Gasteiger partial charge on any atom is 0.403 e. The summed E-state index contributed by atoms with van der Waals surface area (Å²) in [5.41, 5.74) is -0.723. The Balaban J connectivity index is 2.98. The number of ether oxygens (including phenoxy) is 1. The summed E-state index contributed by atoms with van der Waals surface area (Å²) in [5, 5.41) is 0. The first kappa shape index (κ1) is 9.72. The van der Waals surface area contributed by atoms with E-state index in [1.54, 1.807) is 0 Å². The zero-order chi connectivity index (χ0) is 7.98. The molecule has 3 nitrogen and oxygen atoms in total. The van der Waals surface area contributed by atoms with Gasteiger partial charge in [0.25, 0.3) is 0 Å². The highest BCUT2D eigenvalue weighted by atomic mass is 35.5. The number of carbonyl (C=O) groups excluding carboxylic acids is 1. The molecule has 0 amide bonds. The Bertz CT molecular complexity index is 106. The molecule has 0 saturated carbocycles. The van der Waals surface area contributed by atoms with Crippen molar-refractivity contribution in [3.8, 4) is 0 Å². The van der Waals surface area contributed by atoms with Crippen LogP contribution in [0.15, 0.2) is 0 Å². The van der Waals surface area contributed by atoms with Crippen molar-refractivity contribution >= 4 is 17.0 Å². The summed E-state index contributed by atoms with van der Waals surface area (Å²) in [6, 6.07) is 0. The molecular formula is C6H12ClNO2. The molecule has 0 N–H and O–H groups in total. The Morgan fingerprint density at radius 2 is 2.20 bits per heavy atom. The maximum atomic E-state index is 10.0. The van der Waals surface area contributed by atoms with Gasteiger partial charge in [-0.2, -0.15) is 0 Å². The molecular weight excluding hydrogens is 154 g/mol. The molecule has 0 aromatic heterocycles. The molecule has 10 heavy (non-hydrogen) atoms. The molecule has 0 unspecified atom stereocenters. The van der Waals surface area contributed by atoms with Crippen molar-refractivity contribution < 1.29 is 9.53 Å². The summed E-state index contributed by atoms with van der Waals surface area (Å²) >= 11 is 4.92. The number of hydrogen-bond donors (Lipinski definition) is 0. The summed E-state index contributed by atoms with van der Waals surface area (Å²) in [7, 11) is 3.92. The number of rotatable bonds is 4. The van der Waals surface area contributed by atoms with Gasteiger partial charge >= 0.3 is 5.43 Å². The van der Waals surface area contributed by atoms with Crippen molar-refractivity contribution in [2.45, 2.75) is 6.42 Å². The molecule has 0 heterocycles. The fraction of sp³-hybridized carbons (Fsp3) is 0.833. The summed E-state index contributed by atoms with van der Waals surface area (Å²) in [6.45, 7) is 1.31. The molecule has 0 saturated heterocycles. The highest BCUT2D eigenvalue weighted by Crippen LogP contribution is 1.90. The Hall–Kier alpha value is -0.280. The largest absolute Gasteiger partial charge is 0.454 e. The molecule has 0 aliphatic carbocycles.